The van der Waals surface area contributed by atoms with Crippen LogP contribution in [0.5, 0.6) is 11.5 Å². The lowest BCUT2D eigenvalue weighted by molar-refractivity contribution is -0.168. The van der Waals surface area contributed by atoms with E-state index in [0.717, 1.165) is 94.9 Å². The first-order valence-electron chi connectivity index (χ1n) is 37.7. The number of halogens is 7. The van der Waals surface area contributed by atoms with Gasteiger partial charge in [-0.3, -0.25) is 39.7 Å². The van der Waals surface area contributed by atoms with E-state index in [1.165, 1.54) is 0 Å². The molecule has 15 rings (SSSR count). The third kappa shape index (κ3) is 17.7. The molecule has 6 aliphatic heterocycles. The Bertz CT molecular complexity index is 4420. The van der Waals surface area contributed by atoms with Gasteiger partial charge in [0.1, 0.15) is 40.2 Å². The first kappa shape index (κ1) is 77.7. The Labute approximate surface area is 632 Å². The Morgan fingerprint density at radius 1 is 0.573 bits per heavy atom. The SMILES string of the molecule is CC[C@@H](C)COc1ccnc(NC(=O)N2c3nc(C(=O)C[C@@H]4CC4(F)F)ccc3N3CCC[C@H]2C3)c1.CC[C@@H](C)COc1ccnc(NC(=O)N2c3nc(C(=O)C[C@@H]4CC4(F)F)ccc3N3CCC[C@H]2C3)c1.Cc1ncc(-c2cccc(NC(=O)N3c4nc(C(=O)CC(C)C(F)(F)F)c(C)cc4N4CCC[C@H]3C4)c2)o1. The summed E-state index contributed by atoms with van der Waals surface area (Å²) in [5, 5.41) is 8.63. The van der Waals surface area contributed by atoms with Crippen molar-refractivity contribution in [2.45, 2.75) is 168 Å². The third-order valence-corrected chi connectivity index (χ3v) is 21.6. The summed E-state index contributed by atoms with van der Waals surface area (Å²) in [7, 11) is 0. The van der Waals surface area contributed by atoms with Gasteiger partial charge in [-0.2, -0.15) is 13.2 Å². The number of urea groups is 3. The molecule has 0 spiro atoms. The molecule has 31 heteroatoms. The lowest BCUT2D eigenvalue weighted by atomic mass is 9.97. The molecular formula is C79H90F7N15O9. The highest BCUT2D eigenvalue weighted by atomic mass is 19.4. The normalized spacial score (nSPS) is 20.8. The number of rotatable bonds is 21. The number of pyridine rings is 5. The zero-order valence-corrected chi connectivity index (χ0v) is 62.4. The summed E-state index contributed by atoms with van der Waals surface area (Å²) < 4.78 is 110. The molecule has 5 fully saturated rings. The molecule has 3 saturated heterocycles. The molecule has 6 bridgehead atoms. The van der Waals surface area contributed by atoms with Crippen LogP contribution in [0, 0.1) is 43.4 Å². The molecule has 8 atom stereocenters. The smallest absolute Gasteiger partial charge is 0.391 e. The number of anilines is 9. The van der Waals surface area contributed by atoms with Gasteiger partial charge in [-0.1, -0.05) is 59.6 Å². The van der Waals surface area contributed by atoms with Gasteiger partial charge in [-0.25, -0.2) is 61.8 Å². The average Bonchev–Trinajstić information content (AvgIpc) is 1.09. The van der Waals surface area contributed by atoms with Crippen molar-refractivity contribution >= 4 is 87.3 Å². The van der Waals surface area contributed by atoms with Crippen LogP contribution in [0.4, 0.5) is 97.0 Å². The summed E-state index contributed by atoms with van der Waals surface area (Å²) in [6.45, 7) is 18.3. The van der Waals surface area contributed by atoms with E-state index in [0.29, 0.717) is 108 Å². The Kier molecular flexibility index (Phi) is 22.7. The molecule has 2 saturated carbocycles. The van der Waals surface area contributed by atoms with E-state index < -0.39 is 77.6 Å². The lowest BCUT2D eigenvalue weighted by Crippen LogP contribution is -2.56. The summed E-state index contributed by atoms with van der Waals surface area (Å²) in [4.78, 5) is 116. The second-order valence-electron chi connectivity index (χ2n) is 30.1. The van der Waals surface area contributed by atoms with Crippen LogP contribution in [0.15, 0.2) is 102 Å². The Morgan fingerprint density at radius 2 is 1.03 bits per heavy atom. The molecule has 8 aliphatic rings. The van der Waals surface area contributed by atoms with E-state index >= 15 is 0 Å². The molecule has 24 nitrogen and oxygen atoms in total. The minimum atomic E-state index is -4.48. The molecule has 584 valence electrons. The number of piperidine rings is 3. The molecule has 110 heavy (non-hydrogen) atoms. The maximum absolute atomic E-state index is 13.6. The van der Waals surface area contributed by atoms with Crippen molar-refractivity contribution in [2.24, 2.45) is 29.6 Å². The molecule has 2 aliphatic carbocycles. The van der Waals surface area contributed by atoms with Gasteiger partial charge in [-0.05, 0) is 117 Å². The number of carbonyl (C=O) groups is 6. The number of alkyl halides is 7. The van der Waals surface area contributed by atoms with Crippen LogP contribution < -0.4 is 54.8 Å². The molecule has 0 radical (unpaired) electrons. The van der Waals surface area contributed by atoms with Gasteiger partial charge in [0.05, 0.1) is 60.5 Å². The highest BCUT2D eigenvalue weighted by Crippen LogP contribution is 2.53. The summed E-state index contributed by atoms with van der Waals surface area (Å²) in [5.74, 6) is -5.86. The van der Waals surface area contributed by atoms with Gasteiger partial charge < -0.3 is 33.9 Å². The number of amides is 6. The highest BCUT2D eigenvalue weighted by molar-refractivity contribution is 6.08. The summed E-state index contributed by atoms with van der Waals surface area (Å²) >= 11 is 0. The summed E-state index contributed by atoms with van der Waals surface area (Å²) in [6, 6.07) is 20.8. The van der Waals surface area contributed by atoms with Crippen molar-refractivity contribution in [2.75, 3.05) is 97.8 Å². The predicted octanol–water partition coefficient (Wildman–Crippen LogP) is 16.4. The van der Waals surface area contributed by atoms with E-state index in [-0.39, 0.29) is 66.7 Å². The maximum atomic E-state index is 13.6. The average molecular weight is 1530 g/mol. The predicted molar refractivity (Wildman–Crippen MR) is 401 cm³/mol. The van der Waals surface area contributed by atoms with Crippen LogP contribution >= 0.6 is 0 Å². The molecule has 1 aromatic carbocycles. The number of oxazole rings is 1. The first-order valence-corrected chi connectivity index (χ1v) is 37.7. The fraction of sp³-hybridized carbons (Fsp3) is 0.494. The number of nitrogens with zero attached hydrogens (tertiary/aromatic N) is 12. The number of carbonyl (C=O) groups excluding carboxylic acids is 6. The number of fused-ring (bicyclic) bond motifs is 12. The number of Topliss-reactive ketones (excluding diaryl/α,β-unsaturated/α-hetero) is 3. The van der Waals surface area contributed by atoms with E-state index in [1.54, 1.807) is 120 Å². The molecule has 3 N–H and O–H groups in total. The summed E-state index contributed by atoms with van der Waals surface area (Å²) in [6.07, 6.45) is 5.61. The molecule has 6 amide bonds. The third-order valence-electron chi connectivity index (χ3n) is 21.6. The van der Waals surface area contributed by atoms with Crippen molar-refractivity contribution in [1.82, 2.24) is 29.9 Å². The number of benzene rings is 1. The van der Waals surface area contributed by atoms with Crippen LogP contribution in [0.3, 0.4) is 0 Å². The quantitative estimate of drug-likeness (QED) is 0.0446. The fourth-order valence-corrected chi connectivity index (χ4v) is 14.5. The number of nitrogens with one attached hydrogen (secondary N) is 3. The van der Waals surface area contributed by atoms with Crippen LogP contribution in [0.2, 0.25) is 0 Å². The van der Waals surface area contributed by atoms with E-state index in [1.807, 2.05) is 6.07 Å². The van der Waals surface area contributed by atoms with Crippen molar-refractivity contribution in [3.63, 3.8) is 0 Å². The Balaban J connectivity index is 0.000000145. The number of hydrogen-bond acceptors (Lipinski definition) is 18. The van der Waals surface area contributed by atoms with Crippen molar-refractivity contribution < 1.29 is 73.4 Å². The largest absolute Gasteiger partial charge is 0.493 e. The minimum Gasteiger partial charge on any atom is -0.493 e. The van der Waals surface area contributed by atoms with Crippen LogP contribution in [-0.4, -0.2) is 154 Å². The standard InChI is InChI=1S/C27H28F3N5O3.2C26H31F2N5O3/c1-15-10-21-25(33-24(15)22(36)11-16(2)27(28,29)30)35(20-8-5-9-34(21)14-20)26(37)32-19-7-4-6-18(12-19)23-13-31-17(3)38-23;2*1-3-16(2)15-36-19-8-9-29-23(12-19)31-25(35)33-18-5-4-10-32(14-18)21-7-6-20(30-24(21)33)22(34)11-17-13-26(17,27)28/h4,6-7,10,12-13,16,20H,5,8-9,11,14H2,1-3H3,(H,32,37);2*6-9,12,16-18H,3-5,10-11,13-15H2,1-2H3,(H,29,31,35)/t16?,20-;2*16-,17-,18+/m011/s1. The van der Waals surface area contributed by atoms with Gasteiger partial charge in [-0.15, -0.1) is 0 Å². The second-order valence-corrected chi connectivity index (χ2v) is 30.1. The zero-order valence-electron chi connectivity index (χ0n) is 62.4. The van der Waals surface area contributed by atoms with E-state index in [4.69, 9.17) is 13.9 Å². The second kappa shape index (κ2) is 32.2. The van der Waals surface area contributed by atoms with E-state index in [9.17, 15) is 59.5 Å². The van der Waals surface area contributed by atoms with Gasteiger partial charge >= 0.3 is 24.3 Å². The summed E-state index contributed by atoms with van der Waals surface area (Å²) in [5.41, 5.74) is 4.14. The highest BCUT2D eigenvalue weighted by Gasteiger charge is 2.58. The maximum Gasteiger partial charge on any atom is 0.391 e. The van der Waals surface area contributed by atoms with Crippen molar-refractivity contribution in [3.8, 4) is 22.8 Å². The molecule has 6 aromatic heterocycles. The number of aromatic nitrogens is 6. The first-order chi connectivity index (χ1) is 52.5. The topological polar surface area (TPSA) is 267 Å². The lowest BCUT2D eigenvalue weighted by Gasteiger charge is -2.46. The number of hydrogen-bond donors (Lipinski definition) is 3. The minimum absolute atomic E-state index is 0.0403. The molecule has 1 unspecified atom stereocenters. The van der Waals surface area contributed by atoms with Crippen molar-refractivity contribution in [1.29, 1.82) is 0 Å². The van der Waals surface area contributed by atoms with Crippen LogP contribution in [0.1, 0.15) is 161 Å². The fourth-order valence-electron chi connectivity index (χ4n) is 14.5. The Hall–Kier alpha value is -10.5. The van der Waals surface area contributed by atoms with Crippen molar-refractivity contribution in [3.05, 3.63) is 126 Å². The van der Waals surface area contributed by atoms with Gasteiger partial charge in [0.2, 0.25) is 0 Å². The van der Waals surface area contributed by atoms with E-state index in [2.05, 4.69) is 88.2 Å². The zero-order chi connectivity index (χ0) is 78.1. The molecular weight excluding hydrogens is 1440 g/mol. The molecule has 12 heterocycles. The van der Waals surface area contributed by atoms with Crippen LogP contribution in [0.25, 0.3) is 11.3 Å². The van der Waals surface area contributed by atoms with Gasteiger partial charge in [0.25, 0.3) is 11.8 Å². The number of ketones is 3. The number of ether oxygens (including phenoxy) is 2. The monoisotopic (exact) mass is 1530 g/mol. The number of aryl methyl sites for hydroxylation is 2. The van der Waals surface area contributed by atoms with Gasteiger partial charge in [0, 0.05) is 126 Å². The van der Waals surface area contributed by atoms with Gasteiger partial charge in [0.15, 0.2) is 46.5 Å². The van der Waals surface area contributed by atoms with Crippen LogP contribution in [-0.2, 0) is 0 Å². The molecule has 7 aromatic rings. The Morgan fingerprint density at radius 3 is 1.46 bits per heavy atom.